The molecule has 0 rings (SSSR count). The van der Waals surface area contributed by atoms with Gasteiger partial charge in [0, 0.05) is 0 Å². The topological polar surface area (TPSA) is 86.7 Å². The zero-order valence-corrected chi connectivity index (χ0v) is 8.72. The van der Waals surface area contributed by atoms with Crippen LogP contribution in [0.25, 0.3) is 0 Å². The first-order valence-corrected chi connectivity index (χ1v) is 6.02. The Balaban J connectivity index is 4.88. The Morgan fingerprint density at radius 3 is 1.40 bits per heavy atom. The normalized spacial score (nSPS) is 13.5. The average molecular weight is 264 g/mol. The largest absolute Gasteiger partial charge is 0.515 e. The van der Waals surface area contributed by atoms with Crippen LogP contribution in [0.3, 0.4) is 0 Å². The minimum atomic E-state index is -4.85. The minimum absolute atomic E-state index is 0.0603. The molecule has 0 aliphatic heterocycles. The predicted molar refractivity (Wildman–Crippen MR) is 45.4 cm³/mol. The van der Waals surface area contributed by atoms with Gasteiger partial charge in [0.05, 0.1) is 10.8 Å². The predicted octanol–water partition coefficient (Wildman–Crippen LogP) is 0.517. The van der Waals surface area contributed by atoms with Crippen LogP contribution in [0.5, 0.6) is 0 Å². The molecule has 0 aromatic heterocycles. The molecule has 0 saturated heterocycles. The number of rotatable bonds is 6. The summed E-state index contributed by atoms with van der Waals surface area (Å²) in [5.74, 6) is 0. The maximum atomic E-state index is 12.5. The first-order valence-electron chi connectivity index (χ1n) is 3.07. The minimum Gasteiger partial charge on any atom is -0.194 e. The van der Waals surface area contributed by atoms with Gasteiger partial charge < -0.3 is 0 Å². The summed E-state index contributed by atoms with van der Waals surface area (Å²) < 4.78 is 73.0. The van der Waals surface area contributed by atoms with Crippen molar-refractivity contribution in [3.05, 3.63) is 24.0 Å². The first-order chi connectivity index (χ1) is 6.54. The highest BCUT2D eigenvalue weighted by atomic mass is 32.2. The summed E-state index contributed by atoms with van der Waals surface area (Å²) in [4.78, 5) is 0. The van der Waals surface area contributed by atoms with Crippen molar-refractivity contribution in [1.82, 2.24) is 0 Å². The molecule has 0 radical (unpaired) electrons. The molecule has 0 spiro atoms. The highest BCUT2D eigenvalue weighted by Crippen LogP contribution is 2.23. The summed E-state index contributed by atoms with van der Waals surface area (Å²) in [6.07, 6.45) is -4.85. The number of halogens is 2. The van der Waals surface area contributed by atoms with Crippen LogP contribution in [-0.2, 0) is 28.6 Å². The smallest absolute Gasteiger partial charge is 0.194 e. The van der Waals surface area contributed by atoms with E-state index >= 15 is 0 Å². The summed E-state index contributed by atoms with van der Waals surface area (Å²) >= 11 is 0. The van der Waals surface area contributed by atoms with Gasteiger partial charge in [-0.25, -0.2) is 0 Å². The summed E-state index contributed by atoms with van der Waals surface area (Å²) in [7, 11) is -9.54. The van der Waals surface area contributed by atoms with E-state index in [1.54, 1.807) is 0 Å². The monoisotopic (exact) mass is 264 g/mol. The zero-order valence-electron chi connectivity index (χ0n) is 7.09. The van der Waals surface area contributed by atoms with Crippen molar-refractivity contribution in [3.8, 4) is 0 Å². The van der Waals surface area contributed by atoms with E-state index < -0.39 is 26.5 Å². The summed E-state index contributed by atoms with van der Waals surface area (Å²) in [6, 6.07) is 0. The lowest BCUT2D eigenvalue weighted by molar-refractivity contribution is -0.302. The molecule has 0 aromatic carbocycles. The van der Waals surface area contributed by atoms with Gasteiger partial charge in [0.25, 0.3) is 20.2 Å². The van der Waals surface area contributed by atoms with Crippen LogP contribution in [0.15, 0.2) is 24.0 Å². The van der Waals surface area contributed by atoms with Crippen LogP contribution in [0.4, 0.5) is 8.78 Å². The maximum Gasteiger partial charge on any atom is 0.515 e. The van der Waals surface area contributed by atoms with Gasteiger partial charge in [-0.15, -0.1) is 8.78 Å². The van der Waals surface area contributed by atoms with Crippen LogP contribution in [0.2, 0.25) is 0 Å². The number of alkyl halides is 2. The molecule has 0 saturated carbocycles. The van der Waals surface area contributed by atoms with Gasteiger partial charge >= 0.3 is 6.29 Å². The summed E-state index contributed by atoms with van der Waals surface area (Å²) in [6.45, 7) is 5.32. The second-order valence-electron chi connectivity index (χ2n) is 1.95. The fraction of sp³-hybridized carbons (Fsp3) is 0.200. The highest BCUT2D eigenvalue weighted by Gasteiger charge is 2.42. The standard InChI is InChI=1S/C5H6F2O6S2/c1-3-14(8,9)12-5(6,7)13-15(10,11)4-2/h3-4H,1-2H2. The van der Waals surface area contributed by atoms with Crippen molar-refractivity contribution in [2.45, 2.75) is 6.29 Å². The SMILES string of the molecule is C=CS(=O)(=O)OC(F)(F)OS(=O)(=O)C=C. The van der Waals surface area contributed by atoms with Gasteiger partial charge in [-0.05, 0) is 0 Å². The van der Waals surface area contributed by atoms with E-state index in [1.165, 1.54) is 0 Å². The number of hydrogen-bond donors (Lipinski definition) is 0. The molecule has 0 aliphatic carbocycles. The molecule has 15 heavy (non-hydrogen) atoms. The average Bonchev–Trinajstić information content (AvgIpc) is 2.00. The molecule has 0 N–H and O–H groups in total. The fourth-order valence-corrected chi connectivity index (χ4v) is 1.14. The van der Waals surface area contributed by atoms with Gasteiger partial charge in [0.2, 0.25) is 0 Å². The molecular formula is C5H6F2O6S2. The molecule has 0 amide bonds. The van der Waals surface area contributed by atoms with Crippen molar-refractivity contribution in [2.24, 2.45) is 0 Å². The van der Waals surface area contributed by atoms with E-state index in [9.17, 15) is 25.6 Å². The Hall–Kier alpha value is -0.840. The second-order valence-corrected chi connectivity index (χ2v) is 4.92. The molecule has 0 aromatic rings. The van der Waals surface area contributed by atoms with Crippen molar-refractivity contribution < 1.29 is 34.0 Å². The van der Waals surface area contributed by atoms with E-state index in [2.05, 4.69) is 21.5 Å². The third-order valence-electron chi connectivity index (χ3n) is 0.835. The van der Waals surface area contributed by atoms with Gasteiger partial charge in [0.1, 0.15) is 0 Å². The molecule has 0 unspecified atom stereocenters. The van der Waals surface area contributed by atoms with Crippen molar-refractivity contribution in [3.63, 3.8) is 0 Å². The van der Waals surface area contributed by atoms with Gasteiger partial charge in [-0.2, -0.15) is 25.2 Å². The lowest BCUT2D eigenvalue weighted by atomic mass is 11.3. The second kappa shape index (κ2) is 4.35. The van der Waals surface area contributed by atoms with Crippen LogP contribution < -0.4 is 0 Å². The Kier molecular flexibility index (Phi) is 4.10. The van der Waals surface area contributed by atoms with Gasteiger partial charge in [0.15, 0.2) is 0 Å². The maximum absolute atomic E-state index is 12.5. The molecule has 0 fully saturated rings. The third-order valence-corrected chi connectivity index (χ3v) is 2.50. The lowest BCUT2D eigenvalue weighted by Gasteiger charge is -2.12. The Morgan fingerprint density at radius 2 is 1.20 bits per heavy atom. The van der Waals surface area contributed by atoms with E-state index in [1.807, 2.05) is 0 Å². The molecule has 0 bridgehead atoms. The molecule has 10 heteroatoms. The lowest BCUT2D eigenvalue weighted by Crippen LogP contribution is -2.29. The third kappa shape index (κ3) is 5.57. The van der Waals surface area contributed by atoms with Crippen LogP contribution >= 0.6 is 0 Å². The Bertz CT molecular complexity index is 406. The van der Waals surface area contributed by atoms with Crippen molar-refractivity contribution in [1.29, 1.82) is 0 Å². The zero-order chi connectivity index (χ0) is 12.3. The Morgan fingerprint density at radius 1 is 0.933 bits per heavy atom. The quantitative estimate of drug-likeness (QED) is 0.513. The van der Waals surface area contributed by atoms with Gasteiger partial charge in [-0.1, -0.05) is 13.2 Å². The first kappa shape index (κ1) is 14.2. The molecule has 0 aliphatic rings. The summed E-state index contributed by atoms with van der Waals surface area (Å²) in [5.41, 5.74) is 0. The van der Waals surface area contributed by atoms with E-state index in [0.29, 0.717) is 0 Å². The number of hydrogen-bond acceptors (Lipinski definition) is 6. The molecule has 0 atom stereocenters. The van der Waals surface area contributed by atoms with Gasteiger partial charge in [-0.3, -0.25) is 0 Å². The van der Waals surface area contributed by atoms with E-state index in [-0.39, 0.29) is 10.8 Å². The molecule has 88 valence electrons. The molecular weight excluding hydrogens is 258 g/mol. The van der Waals surface area contributed by atoms with Crippen molar-refractivity contribution in [2.75, 3.05) is 0 Å². The Labute approximate surface area is 85.0 Å². The molecule has 0 heterocycles. The van der Waals surface area contributed by atoms with E-state index in [0.717, 1.165) is 0 Å². The summed E-state index contributed by atoms with van der Waals surface area (Å²) in [5, 5.41) is 0.121. The highest BCUT2D eigenvalue weighted by molar-refractivity contribution is 7.90. The van der Waals surface area contributed by atoms with E-state index in [4.69, 9.17) is 0 Å². The fourth-order valence-electron chi connectivity index (χ4n) is 0.352. The van der Waals surface area contributed by atoms with Crippen molar-refractivity contribution >= 4 is 20.2 Å². The van der Waals surface area contributed by atoms with Crippen LogP contribution in [-0.4, -0.2) is 23.1 Å². The van der Waals surface area contributed by atoms with Crippen LogP contribution in [0, 0.1) is 0 Å². The molecule has 6 nitrogen and oxygen atoms in total. The van der Waals surface area contributed by atoms with Crippen LogP contribution in [0.1, 0.15) is 0 Å².